The topological polar surface area (TPSA) is 116 Å². The number of aryl methyl sites for hydroxylation is 2. The number of nitrogens with zero attached hydrogens (tertiary/aromatic N) is 3. The third-order valence-electron chi connectivity index (χ3n) is 7.27. The van der Waals surface area contributed by atoms with E-state index in [1.807, 2.05) is 13.0 Å². The van der Waals surface area contributed by atoms with E-state index >= 15 is 0 Å². The zero-order chi connectivity index (χ0) is 25.2. The minimum atomic E-state index is -0.606. The first-order valence-corrected chi connectivity index (χ1v) is 12.9. The summed E-state index contributed by atoms with van der Waals surface area (Å²) in [6.45, 7) is 10.9. The third kappa shape index (κ3) is 6.04. The molecule has 1 aliphatic carbocycles. The van der Waals surface area contributed by atoms with Crippen LogP contribution in [0.2, 0.25) is 0 Å². The number of carbonyl (C=O) groups excluding carboxylic acids is 1. The number of aromatic nitrogens is 2. The number of rotatable bonds is 7. The van der Waals surface area contributed by atoms with Gasteiger partial charge in [-0.1, -0.05) is 20.8 Å². The molecule has 0 spiro atoms. The van der Waals surface area contributed by atoms with Gasteiger partial charge in [-0.2, -0.15) is 0 Å². The summed E-state index contributed by atoms with van der Waals surface area (Å²) in [7, 11) is 0. The number of anilines is 4. The Morgan fingerprint density at radius 3 is 2.57 bits per heavy atom. The van der Waals surface area contributed by atoms with Gasteiger partial charge in [0.05, 0.1) is 11.8 Å². The molecule has 8 nitrogen and oxygen atoms in total. The van der Waals surface area contributed by atoms with E-state index in [9.17, 15) is 9.90 Å². The Labute approximate surface area is 208 Å². The highest BCUT2D eigenvalue weighted by Gasteiger charge is 2.27. The lowest BCUT2D eigenvalue weighted by Crippen LogP contribution is -2.40. The Hall–Kier alpha value is -2.87. The van der Waals surface area contributed by atoms with Gasteiger partial charge in [-0.15, -0.1) is 0 Å². The maximum Gasteiger partial charge on any atom is 0.271 e. The fourth-order valence-electron chi connectivity index (χ4n) is 5.36. The van der Waals surface area contributed by atoms with Crippen molar-refractivity contribution in [3.8, 4) is 0 Å². The number of piperidine rings is 1. The molecule has 5 N–H and O–H groups in total. The van der Waals surface area contributed by atoms with Crippen molar-refractivity contribution in [2.24, 2.45) is 11.1 Å². The van der Waals surface area contributed by atoms with Crippen LogP contribution in [0.3, 0.4) is 0 Å². The molecule has 0 radical (unpaired) electrons. The lowest BCUT2D eigenvalue weighted by molar-refractivity contribution is 0.0996. The van der Waals surface area contributed by atoms with Crippen molar-refractivity contribution in [3.63, 3.8) is 0 Å². The van der Waals surface area contributed by atoms with Gasteiger partial charge in [-0.3, -0.25) is 4.79 Å². The molecule has 4 rings (SSSR count). The van der Waals surface area contributed by atoms with Crippen molar-refractivity contribution in [1.29, 1.82) is 0 Å². The molecule has 190 valence electrons. The quantitative estimate of drug-likeness (QED) is 0.460. The summed E-state index contributed by atoms with van der Waals surface area (Å²) in [5, 5.41) is 16.6. The van der Waals surface area contributed by atoms with Crippen LogP contribution in [0, 0.1) is 12.3 Å². The lowest BCUT2D eigenvalue weighted by atomic mass is 9.84. The molecule has 1 amide bonds. The maximum absolute atomic E-state index is 12.2. The predicted octanol–water partition coefficient (Wildman–Crippen LogP) is 4.53. The maximum atomic E-state index is 12.2. The van der Waals surface area contributed by atoms with Crippen molar-refractivity contribution < 1.29 is 9.90 Å². The largest absolute Gasteiger partial charge is 0.393 e. The zero-order valence-corrected chi connectivity index (χ0v) is 21.5. The number of aliphatic hydroxyl groups is 1. The van der Waals surface area contributed by atoms with Gasteiger partial charge < -0.3 is 26.4 Å². The van der Waals surface area contributed by atoms with Gasteiger partial charge in [0.25, 0.3) is 5.91 Å². The van der Waals surface area contributed by atoms with Gasteiger partial charge in [0.2, 0.25) is 0 Å². The van der Waals surface area contributed by atoms with Gasteiger partial charge in [-0.25, -0.2) is 9.97 Å². The van der Waals surface area contributed by atoms with Crippen molar-refractivity contribution in [2.75, 3.05) is 28.6 Å². The molecule has 2 fully saturated rings. The first kappa shape index (κ1) is 25.2. The summed E-state index contributed by atoms with van der Waals surface area (Å²) in [5.41, 5.74) is 10.1. The second-order valence-electron chi connectivity index (χ2n) is 10.9. The Balaban J connectivity index is 1.58. The number of aliphatic hydroxyl groups excluding tert-OH is 1. The summed E-state index contributed by atoms with van der Waals surface area (Å²) in [4.78, 5) is 24.1. The number of amides is 1. The number of carbonyl (C=O) groups is 1. The Morgan fingerprint density at radius 2 is 1.94 bits per heavy atom. The van der Waals surface area contributed by atoms with E-state index < -0.39 is 5.91 Å². The molecule has 0 bridgehead atoms. The summed E-state index contributed by atoms with van der Waals surface area (Å²) >= 11 is 0. The van der Waals surface area contributed by atoms with Crippen molar-refractivity contribution in [1.82, 2.24) is 9.97 Å². The lowest BCUT2D eigenvalue weighted by Gasteiger charge is -2.40. The van der Waals surface area contributed by atoms with Crippen LogP contribution < -0.4 is 21.3 Å². The number of nitrogens with two attached hydrogens (primary N) is 1. The SMILES string of the molecule is CCc1nc(C(N)=O)c(Nc2ccc(N3CCCC(C)(C)C3)c(C)c2)nc1NC1CCC(O)CC1. The Bertz CT molecular complexity index is 1060. The number of benzene rings is 1. The molecule has 0 unspecified atom stereocenters. The molecule has 8 heteroatoms. The van der Waals surface area contributed by atoms with Crippen LogP contribution in [-0.4, -0.2) is 46.2 Å². The van der Waals surface area contributed by atoms with Gasteiger partial charge in [0.1, 0.15) is 5.82 Å². The predicted molar refractivity (Wildman–Crippen MR) is 142 cm³/mol. The second kappa shape index (κ2) is 10.4. The highest BCUT2D eigenvalue weighted by atomic mass is 16.3. The van der Waals surface area contributed by atoms with Crippen molar-refractivity contribution in [3.05, 3.63) is 35.2 Å². The van der Waals surface area contributed by atoms with E-state index in [-0.39, 0.29) is 17.8 Å². The van der Waals surface area contributed by atoms with E-state index in [1.165, 1.54) is 24.1 Å². The van der Waals surface area contributed by atoms with Crippen LogP contribution in [0.15, 0.2) is 18.2 Å². The minimum Gasteiger partial charge on any atom is -0.393 e. The molecule has 1 saturated heterocycles. The standard InChI is InChI=1S/C27H40N6O2/c1-5-21-25(29-18-7-10-20(34)11-8-18)32-26(23(31-21)24(28)35)30-19-9-12-22(17(2)15-19)33-14-6-13-27(3,4)16-33/h9,12,15,18,20,34H,5-8,10-11,13-14,16H2,1-4H3,(H2,28,35)(H2,29,30,32). The third-order valence-corrected chi connectivity index (χ3v) is 7.27. The van der Waals surface area contributed by atoms with Gasteiger partial charge in [-0.05, 0) is 81.0 Å². The molecular formula is C27H40N6O2. The summed E-state index contributed by atoms with van der Waals surface area (Å²) in [6.07, 6.45) is 6.16. The first-order chi connectivity index (χ1) is 16.6. The van der Waals surface area contributed by atoms with Gasteiger partial charge in [0, 0.05) is 30.5 Å². The average molecular weight is 481 g/mol. The highest BCUT2D eigenvalue weighted by Crippen LogP contribution is 2.34. The zero-order valence-electron chi connectivity index (χ0n) is 21.5. The minimum absolute atomic E-state index is 0.144. The fourth-order valence-corrected chi connectivity index (χ4v) is 5.36. The van der Waals surface area contributed by atoms with E-state index in [2.05, 4.69) is 53.4 Å². The van der Waals surface area contributed by atoms with Crippen LogP contribution in [0.5, 0.6) is 0 Å². The Kier molecular flexibility index (Phi) is 7.50. The van der Waals surface area contributed by atoms with Gasteiger partial charge in [0.15, 0.2) is 11.5 Å². The molecule has 1 aromatic carbocycles. The van der Waals surface area contributed by atoms with E-state index in [0.29, 0.717) is 23.5 Å². The van der Waals surface area contributed by atoms with Crippen LogP contribution in [-0.2, 0) is 6.42 Å². The average Bonchev–Trinajstić information content (AvgIpc) is 2.80. The Morgan fingerprint density at radius 1 is 1.20 bits per heavy atom. The number of nitrogens with one attached hydrogen (secondary N) is 2. The van der Waals surface area contributed by atoms with E-state index in [1.54, 1.807) is 0 Å². The smallest absolute Gasteiger partial charge is 0.271 e. The van der Waals surface area contributed by atoms with Crippen molar-refractivity contribution in [2.45, 2.75) is 84.8 Å². The molecular weight excluding hydrogens is 440 g/mol. The van der Waals surface area contributed by atoms with Crippen LogP contribution in [0.25, 0.3) is 0 Å². The number of primary amides is 1. The molecule has 35 heavy (non-hydrogen) atoms. The van der Waals surface area contributed by atoms with Crippen LogP contribution >= 0.6 is 0 Å². The number of hydrogen-bond acceptors (Lipinski definition) is 7. The molecule has 1 aromatic heterocycles. The van der Waals surface area contributed by atoms with Crippen molar-refractivity contribution >= 4 is 28.9 Å². The highest BCUT2D eigenvalue weighted by molar-refractivity contribution is 5.96. The molecule has 2 aliphatic rings. The van der Waals surface area contributed by atoms with Crippen LogP contribution in [0.4, 0.5) is 23.0 Å². The molecule has 2 heterocycles. The molecule has 1 aliphatic heterocycles. The normalized spacial score (nSPS) is 22.0. The first-order valence-electron chi connectivity index (χ1n) is 12.9. The fraction of sp³-hybridized carbons (Fsp3) is 0.593. The summed E-state index contributed by atoms with van der Waals surface area (Å²) < 4.78 is 0. The molecule has 2 aromatic rings. The molecule has 0 atom stereocenters. The summed E-state index contributed by atoms with van der Waals surface area (Å²) in [6, 6.07) is 6.48. The number of hydrogen-bond donors (Lipinski definition) is 4. The van der Waals surface area contributed by atoms with E-state index in [0.717, 1.165) is 50.2 Å². The van der Waals surface area contributed by atoms with E-state index in [4.69, 9.17) is 10.7 Å². The van der Waals surface area contributed by atoms with Gasteiger partial charge >= 0.3 is 0 Å². The second-order valence-corrected chi connectivity index (χ2v) is 10.9. The monoisotopic (exact) mass is 480 g/mol. The summed E-state index contributed by atoms with van der Waals surface area (Å²) in [5.74, 6) is 0.426. The molecule has 1 saturated carbocycles. The van der Waals surface area contributed by atoms with Crippen LogP contribution in [0.1, 0.15) is 81.0 Å².